The Hall–Kier alpha value is -1.89. The van der Waals surface area contributed by atoms with Crippen molar-refractivity contribution in [2.45, 2.75) is 25.4 Å². The standard InChI is InChI=1S/C11H14N2O5/c1-11(17)3-2-4-13(6-11)9(14)7-5-8(10(15)16)18-12-7/h5,17H,2-4,6H2,1H3,(H,15,16). The zero-order valence-corrected chi connectivity index (χ0v) is 9.92. The molecule has 98 valence electrons. The SMILES string of the molecule is CC1(O)CCCN(C(=O)c2cc(C(=O)O)on2)C1. The molecule has 2 heterocycles. The number of piperidine rings is 1. The van der Waals surface area contributed by atoms with Crippen molar-refractivity contribution >= 4 is 11.9 Å². The number of carboxylic acids is 1. The number of rotatable bonds is 2. The molecule has 1 atom stereocenters. The first-order valence-electron chi connectivity index (χ1n) is 5.61. The molecule has 7 heteroatoms. The van der Waals surface area contributed by atoms with Crippen molar-refractivity contribution in [2.75, 3.05) is 13.1 Å². The number of aromatic carboxylic acids is 1. The maximum Gasteiger partial charge on any atom is 0.374 e. The molecule has 7 nitrogen and oxygen atoms in total. The predicted octanol–water partition coefficient (Wildman–Crippen LogP) is 0.360. The molecule has 1 aliphatic rings. The fraction of sp³-hybridized carbons (Fsp3) is 0.545. The molecule has 2 N–H and O–H groups in total. The number of carbonyl (C=O) groups is 2. The quantitative estimate of drug-likeness (QED) is 0.789. The average Bonchev–Trinajstić information content (AvgIpc) is 2.76. The van der Waals surface area contributed by atoms with Crippen LogP contribution in [0.5, 0.6) is 0 Å². The van der Waals surface area contributed by atoms with E-state index >= 15 is 0 Å². The van der Waals surface area contributed by atoms with E-state index in [1.54, 1.807) is 6.92 Å². The molecule has 18 heavy (non-hydrogen) atoms. The number of β-amino-alcohol motifs (C(OH)–C–C–N with tert-alkyl or cyclic N) is 1. The molecule has 1 aliphatic heterocycles. The predicted molar refractivity (Wildman–Crippen MR) is 59.2 cm³/mol. The lowest BCUT2D eigenvalue weighted by Gasteiger charge is -2.36. The number of nitrogens with zero attached hydrogens (tertiary/aromatic N) is 2. The number of aromatic nitrogens is 1. The average molecular weight is 254 g/mol. The third-order valence-electron chi connectivity index (χ3n) is 2.90. The van der Waals surface area contributed by atoms with Gasteiger partial charge in [0.1, 0.15) is 0 Å². The van der Waals surface area contributed by atoms with Crippen LogP contribution in [-0.2, 0) is 0 Å². The first-order valence-corrected chi connectivity index (χ1v) is 5.61. The molecule has 1 aromatic heterocycles. The van der Waals surface area contributed by atoms with E-state index < -0.39 is 17.5 Å². The first kappa shape index (κ1) is 12.6. The summed E-state index contributed by atoms with van der Waals surface area (Å²) in [5.41, 5.74) is -0.960. The molecule has 1 saturated heterocycles. The van der Waals surface area contributed by atoms with E-state index in [4.69, 9.17) is 5.11 Å². The van der Waals surface area contributed by atoms with Crippen molar-refractivity contribution in [3.05, 3.63) is 17.5 Å². The summed E-state index contributed by atoms with van der Waals surface area (Å²) in [6, 6.07) is 1.09. The largest absolute Gasteiger partial charge is 0.475 e. The number of hydrogen-bond acceptors (Lipinski definition) is 5. The van der Waals surface area contributed by atoms with E-state index in [1.807, 2.05) is 0 Å². The van der Waals surface area contributed by atoms with E-state index in [-0.39, 0.29) is 18.0 Å². The summed E-state index contributed by atoms with van der Waals surface area (Å²) in [5, 5.41) is 22.0. The van der Waals surface area contributed by atoms with Gasteiger partial charge in [0.2, 0.25) is 5.76 Å². The van der Waals surface area contributed by atoms with Gasteiger partial charge in [-0.1, -0.05) is 5.16 Å². The highest BCUT2D eigenvalue weighted by atomic mass is 16.5. The summed E-state index contributed by atoms with van der Waals surface area (Å²) in [6.07, 6.45) is 1.33. The van der Waals surface area contributed by atoms with Gasteiger partial charge in [0.25, 0.3) is 5.91 Å². The van der Waals surface area contributed by atoms with Crippen LogP contribution in [0.1, 0.15) is 40.8 Å². The summed E-state index contributed by atoms with van der Waals surface area (Å²) in [7, 11) is 0. The van der Waals surface area contributed by atoms with Gasteiger partial charge in [-0.15, -0.1) is 0 Å². The molecular formula is C11H14N2O5. The zero-order valence-electron chi connectivity index (χ0n) is 9.92. The first-order chi connectivity index (χ1) is 8.39. The van der Waals surface area contributed by atoms with E-state index in [9.17, 15) is 14.7 Å². The highest BCUT2D eigenvalue weighted by molar-refractivity contribution is 5.94. The van der Waals surface area contributed by atoms with E-state index in [1.165, 1.54) is 4.90 Å². The molecule has 1 unspecified atom stereocenters. The van der Waals surface area contributed by atoms with Crippen molar-refractivity contribution < 1.29 is 24.3 Å². The minimum atomic E-state index is -1.27. The smallest absolute Gasteiger partial charge is 0.374 e. The van der Waals surface area contributed by atoms with Crippen LogP contribution >= 0.6 is 0 Å². The van der Waals surface area contributed by atoms with E-state index in [0.29, 0.717) is 19.4 Å². The number of carboxylic acid groups (broad SMARTS) is 1. The summed E-state index contributed by atoms with van der Waals surface area (Å²) < 4.78 is 4.53. The van der Waals surface area contributed by atoms with Gasteiger partial charge in [0.05, 0.1) is 5.60 Å². The number of carbonyl (C=O) groups excluding carboxylic acids is 1. The Morgan fingerprint density at radius 1 is 1.56 bits per heavy atom. The molecule has 1 fully saturated rings. The summed E-state index contributed by atoms with van der Waals surface area (Å²) in [5.74, 6) is -2.07. The van der Waals surface area contributed by atoms with Gasteiger partial charge < -0.3 is 19.6 Å². The van der Waals surface area contributed by atoms with Crippen LogP contribution in [0.15, 0.2) is 10.6 Å². The van der Waals surface area contributed by atoms with Crippen LogP contribution in [0, 0.1) is 0 Å². The van der Waals surface area contributed by atoms with Gasteiger partial charge in [0.15, 0.2) is 5.69 Å². The molecule has 0 aromatic carbocycles. The molecule has 1 amide bonds. The maximum absolute atomic E-state index is 12.0. The van der Waals surface area contributed by atoms with Crippen LogP contribution in [0.4, 0.5) is 0 Å². The minimum absolute atomic E-state index is 0.0508. The highest BCUT2D eigenvalue weighted by Gasteiger charge is 2.32. The van der Waals surface area contributed by atoms with Crippen molar-refractivity contribution in [1.82, 2.24) is 10.1 Å². The molecular weight excluding hydrogens is 240 g/mol. The van der Waals surface area contributed by atoms with Gasteiger partial charge in [-0.25, -0.2) is 4.79 Å². The van der Waals surface area contributed by atoms with Gasteiger partial charge in [-0.05, 0) is 19.8 Å². The third-order valence-corrected chi connectivity index (χ3v) is 2.90. The van der Waals surface area contributed by atoms with Crippen molar-refractivity contribution in [2.24, 2.45) is 0 Å². The Labute approximate surface area is 103 Å². The Morgan fingerprint density at radius 3 is 2.83 bits per heavy atom. The molecule has 0 saturated carbocycles. The van der Waals surface area contributed by atoms with Crippen LogP contribution in [0.25, 0.3) is 0 Å². The number of likely N-dealkylation sites (tertiary alicyclic amines) is 1. The van der Waals surface area contributed by atoms with E-state index in [0.717, 1.165) is 6.07 Å². The lowest BCUT2D eigenvalue weighted by atomic mass is 9.95. The van der Waals surface area contributed by atoms with Gasteiger partial charge >= 0.3 is 5.97 Å². The fourth-order valence-corrected chi connectivity index (χ4v) is 2.03. The van der Waals surface area contributed by atoms with Crippen LogP contribution < -0.4 is 0 Å². The second-order valence-corrected chi connectivity index (χ2v) is 4.71. The van der Waals surface area contributed by atoms with Gasteiger partial charge in [-0.2, -0.15) is 0 Å². The molecule has 0 bridgehead atoms. The van der Waals surface area contributed by atoms with Crippen LogP contribution in [-0.4, -0.2) is 50.8 Å². The molecule has 0 radical (unpaired) electrons. The van der Waals surface area contributed by atoms with Crippen LogP contribution in [0.2, 0.25) is 0 Å². The molecule has 0 spiro atoms. The highest BCUT2D eigenvalue weighted by Crippen LogP contribution is 2.21. The number of aliphatic hydroxyl groups is 1. The monoisotopic (exact) mass is 254 g/mol. The van der Waals surface area contributed by atoms with Crippen molar-refractivity contribution in [3.63, 3.8) is 0 Å². The maximum atomic E-state index is 12.0. The summed E-state index contributed by atoms with van der Waals surface area (Å²) in [6.45, 7) is 2.39. The number of hydrogen-bond donors (Lipinski definition) is 2. The Bertz CT molecular complexity index is 480. The minimum Gasteiger partial charge on any atom is -0.475 e. The third kappa shape index (κ3) is 2.51. The molecule has 1 aromatic rings. The summed E-state index contributed by atoms with van der Waals surface area (Å²) in [4.78, 5) is 24.1. The zero-order chi connectivity index (χ0) is 13.3. The second kappa shape index (κ2) is 4.41. The Balaban J connectivity index is 2.13. The topological polar surface area (TPSA) is 104 Å². The second-order valence-electron chi connectivity index (χ2n) is 4.71. The van der Waals surface area contributed by atoms with Gasteiger partial charge in [0, 0.05) is 19.2 Å². The fourth-order valence-electron chi connectivity index (χ4n) is 2.03. The van der Waals surface area contributed by atoms with Gasteiger partial charge in [-0.3, -0.25) is 4.79 Å². The van der Waals surface area contributed by atoms with Crippen molar-refractivity contribution in [3.8, 4) is 0 Å². The molecule has 2 rings (SSSR count). The van der Waals surface area contributed by atoms with Crippen LogP contribution in [0.3, 0.4) is 0 Å². The number of amides is 1. The van der Waals surface area contributed by atoms with Crippen molar-refractivity contribution in [1.29, 1.82) is 0 Å². The molecule has 0 aliphatic carbocycles. The Kier molecular flexibility index (Phi) is 3.08. The van der Waals surface area contributed by atoms with E-state index in [2.05, 4.69) is 9.68 Å². The lowest BCUT2D eigenvalue weighted by Crippen LogP contribution is -2.48. The summed E-state index contributed by atoms with van der Waals surface area (Å²) >= 11 is 0. The lowest BCUT2D eigenvalue weighted by molar-refractivity contribution is -0.0110. The normalized spacial score (nSPS) is 24.0. The Morgan fingerprint density at radius 2 is 2.28 bits per heavy atom.